The van der Waals surface area contributed by atoms with Crippen LogP contribution in [0.15, 0.2) is 194 Å². The van der Waals surface area contributed by atoms with E-state index in [1.54, 1.807) is 0 Å². The second-order valence-corrected chi connectivity index (χ2v) is 14.9. The fourth-order valence-electron chi connectivity index (χ4n) is 9.39. The van der Waals surface area contributed by atoms with E-state index in [4.69, 9.17) is 0 Å². The summed E-state index contributed by atoms with van der Waals surface area (Å²) >= 11 is 0. The van der Waals surface area contributed by atoms with E-state index in [1.807, 2.05) is 0 Å². The molecule has 2 aromatic heterocycles. The fraction of sp³-hybridized carbons (Fsp3) is 0.0189. The quantitative estimate of drug-likeness (QED) is 0.173. The Labute approximate surface area is 318 Å². The predicted octanol–water partition coefficient (Wildman–Crippen LogP) is 13.9. The van der Waals surface area contributed by atoms with Crippen LogP contribution in [-0.4, -0.2) is 9.13 Å². The summed E-state index contributed by atoms with van der Waals surface area (Å²) in [5, 5.41) is 7.64. The Morgan fingerprint density at radius 2 is 0.964 bits per heavy atom. The van der Waals surface area contributed by atoms with Gasteiger partial charge in [0.2, 0.25) is 0 Å². The van der Waals surface area contributed by atoms with Crippen molar-refractivity contribution in [2.45, 2.75) is 6.42 Å². The third kappa shape index (κ3) is 4.55. The van der Waals surface area contributed by atoms with Gasteiger partial charge in [0.25, 0.3) is 0 Å². The van der Waals surface area contributed by atoms with Gasteiger partial charge >= 0.3 is 0 Å². The lowest BCUT2D eigenvalue weighted by molar-refractivity contribution is 1.18. The van der Waals surface area contributed by atoms with Crippen LogP contribution in [0, 0.1) is 0 Å². The average molecular weight is 699 g/mol. The summed E-state index contributed by atoms with van der Waals surface area (Å²) in [6.45, 7) is 0. The zero-order valence-corrected chi connectivity index (χ0v) is 30.1. The number of nitrogens with zero attached hydrogens (tertiary/aromatic N) is 2. The van der Waals surface area contributed by atoms with Crippen molar-refractivity contribution in [3.63, 3.8) is 0 Å². The van der Waals surface area contributed by atoms with Crippen LogP contribution in [0.25, 0.3) is 99.1 Å². The first-order valence-corrected chi connectivity index (χ1v) is 19.1. The van der Waals surface area contributed by atoms with Gasteiger partial charge in [-0.1, -0.05) is 133 Å². The molecule has 0 spiro atoms. The zero-order chi connectivity index (χ0) is 36.0. The van der Waals surface area contributed by atoms with Crippen LogP contribution >= 0.6 is 0 Å². The molecule has 0 amide bonds. The van der Waals surface area contributed by atoms with E-state index in [0.717, 1.165) is 6.42 Å². The van der Waals surface area contributed by atoms with Gasteiger partial charge in [0.05, 0.1) is 22.1 Å². The van der Waals surface area contributed by atoms with Gasteiger partial charge in [-0.3, -0.25) is 0 Å². The third-order valence-electron chi connectivity index (χ3n) is 11.9. The molecule has 0 saturated carbocycles. The number of fused-ring (bicyclic) bond motifs is 11. The smallest absolute Gasteiger partial charge is 0.0547 e. The topological polar surface area (TPSA) is 9.86 Å². The van der Waals surface area contributed by atoms with Crippen LogP contribution in [0.3, 0.4) is 0 Å². The van der Waals surface area contributed by atoms with Crippen molar-refractivity contribution in [1.29, 1.82) is 0 Å². The van der Waals surface area contributed by atoms with Crippen molar-refractivity contribution in [3.05, 3.63) is 205 Å². The Kier molecular flexibility index (Phi) is 6.43. The maximum absolute atomic E-state index is 2.47. The number of hydrogen-bond acceptors (Lipinski definition) is 0. The molecule has 1 aliphatic carbocycles. The monoisotopic (exact) mass is 698 g/mol. The van der Waals surface area contributed by atoms with E-state index in [-0.39, 0.29) is 0 Å². The number of para-hydroxylation sites is 1. The van der Waals surface area contributed by atoms with Gasteiger partial charge in [-0.15, -0.1) is 0 Å². The molecule has 2 heterocycles. The molecular formula is C53H34N2. The average Bonchev–Trinajstić information content (AvgIpc) is 3.91. The first kappa shape index (κ1) is 30.3. The molecule has 11 aromatic rings. The maximum Gasteiger partial charge on any atom is 0.0547 e. The van der Waals surface area contributed by atoms with Gasteiger partial charge in [0.15, 0.2) is 0 Å². The Morgan fingerprint density at radius 3 is 1.85 bits per heavy atom. The first-order chi connectivity index (χ1) is 27.3. The van der Waals surface area contributed by atoms with E-state index in [9.17, 15) is 0 Å². The Balaban J connectivity index is 1.09. The van der Waals surface area contributed by atoms with Gasteiger partial charge in [-0.05, 0) is 122 Å². The molecule has 0 aliphatic heterocycles. The summed E-state index contributed by atoms with van der Waals surface area (Å²) in [6.07, 6.45) is 0.968. The summed E-state index contributed by atoms with van der Waals surface area (Å²) in [6, 6.07) is 71.7. The number of benzene rings is 9. The molecule has 0 fully saturated rings. The van der Waals surface area contributed by atoms with E-state index in [0.29, 0.717) is 0 Å². The van der Waals surface area contributed by atoms with Gasteiger partial charge in [-0.2, -0.15) is 0 Å². The molecule has 0 atom stereocenters. The van der Waals surface area contributed by atoms with E-state index < -0.39 is 0 Å². The minimum atomic E-state index is 0.968. The van der Waals surface area contributed by atoms with Crippen molar-refractivity contribution < 1.29 is 0 Å². The highest BCUT2D eigenvalue weighted by Crippen LogP contribution is 2.47. The Morgan fingerprint density at radius 1 is 0.327 bits per heavy atom. The van der Waals surface area contributed by atoms with Crippen LogP contribution in [0.1, 0.15) is 11.1 Å². The van der Waals surface area contributed by atoms with Crippen molar-refractivity contribution in [2.75, 3.05) is 0 Å². The normalized spacial score (nSPS) is 12.3. The van der Waals surface area contributed by atoms with Crippen molar-refractivity contribution in [1.82, 2.24) is 9.13 Å². The molecule has 0 saturated heterocycles. The number of hydrogen-bond donors (Lipinski definition) is 0. The van der Waals surface area contributed by atoms with Crippen LogP contribution in [0.5, 0.6) is 0 Å². The van der Waals surface area contributed by atoms with Crippen LogP contribution in [0.2, 0.25) is 0 Å². The zero-order valence-electron chi connectivity index (χ0n) is 30.1. The van der Waals surface area contributed by atoms with Gasteiger partial charge < -0.3 is 9.13 Å². The minimum Gasteiger partial charge on any atom is -0.309 e. The van der Waals surface area contributed by atoms with Crippen LogP contribution in [-0.2, 0) is 6.42 Å². The fourth-order valence-corrected chi connectivity index (χ4v) is 9.39. The second-order valence-electron chi connectivity index (χ2n) is 14.9. The second kappa shape index (κ2) is 11.7. The molecule has 2 nitrogen and oxygen atoms in total. The maximum atomic E-state index is 2.47. The molecule has 0 unspecified atom stereocenters. The Hall–Kier alpha value is -7.16. The van der Waals surface area contributed by atoms with Crippen molar-refractivity contribution >= 4 is 54.4 Å². The summed E-state index contributed by atoms with van der Waals surface area (Å²) in [4.78, 5) is 0. The summed E-state index contributed by atoms with van der Waals surface area (Å²) in [5.74, 6) is 0. The molecule has 55 heavy (non-hydrogen) atoms. The number of aromatic nitrogens is 2. The highest BCUT2D eigenvalue weighted by Gasteiger charge is 2.25. The summed E-state index contributed by atoms with van der Waals surface area (Å²) in [7, 11) is 0. The molecular weight excluding hydrogens is 665 g/mol. The van der Waals surface area contributed by atoms with E-state index in [2.05, 4.69) is 203 Å². The predicted molar refractivity (Wildman–Crippen MR) is 232 cm³/mol. The van der Waals surface area contributed by atoms with Crippen molar-refractivity contribution in [3.8, 4) is 44.8 Å². The molecule has 0 bridgehead atoms. The van der Waals surface area contributed by atoms with Gasteiger partial charge in [-0.25, -0.2) is 0 Å². The Bertz CT molecular complexity index is 3340. The van der Waals surface area contributed by atoms with E-state index in [1.165, 1.54) is 110 Å². The summed E-state index contributed by atoms with van der Waals surface area (Å²) < 4.78 is 4.89. The molecule has 0 N–H and O–H groups in total. The number of rotatable bonds is 4. The third-order valence-corrected chi connectivity index (χ3v) is 11.9. The van der Waals surface area contributed by atoms with Crippen LogP contribution in [0.4, 0.5) is 0 Å². The molecule has 9 aromatic carbocycles. The van der Waals surface area contributed by atoms with Gasteiger partial charge in [0.1, 0.15) is 0 Å². The molecule has 12 rings (SSSR count). The standard InChI is InChI=1S/C53H34N2/c1-2-11-34(12-3-1)37-16-10-17-42(30-37)55-50-27-23-39(33-47(50)53-51(55)28-24-41-29-40-15-6-7-18-44(40)52(41)53)38-22-26-49-46(32-38)45-19-8-9-20-48(45)54(49)43-25-21-35-13-4-5-14-36(35)31-43/h1-28,30-33H,29H2. The van der Waals surface area contributed by atoms with E-state index >= 15 is 0 Å². The molecule has 1 aliphatic rings. The lowest BCUT2D eigenvalue weighted by Crippen LogP contribution is -1.95. The highest BCUT2D eigenvalue weighted by molar-refractivity contribution is 6.18. The molecule has 0 radical (unpaired) electrons. The van der Waals surface area contributed by atoms with Crippen molar-refractivity contribution in [2.24, 2.45) is 0 Å². The first-order valence-electron chi connectivity index (χ1n) is 19.1. The highest BCUT2D eigenvalue weighted by atomic mass is 15.0. The minimum absolute atomic E-state index is 0.968. The van der Waals surface area contributed by atoms with Gasteiger partial charge in [0, 0.05) is 32.9 Å². The largest absolute Gasteiger partial charge is 0.309 e. The lowest BCUT2D eigenvalue weighted by Gasteiger charge is -2.11. The van der Waals surface area contributed by atoms with Crippen LogP contribution < -0.4 is 0 Å². The summed E-state index contributed by atoms with van der Waals surface area (Å²) in [5.41, 5.74) is 17.6. The molecule has 2 heteroatoms. The molecule has 256 valence electrons. The SMILES string of the molecule is c1ccc(-c2cccc(-n3c4ccc(-c5ccc6c(c5)c5ccccc5n6-c5ccc6ccccc6c5)cc4c4c5c(ccc43)Cc3ccccc3-5)c2)cc1. The lowest BCUT2D eigenvalue weighted by atomic mass is 9.96.